The Morgan fingerprint density at radius 2 is 1.79 bits per heavy atom. The van der Waals surface area contributed by atoms with E-state index in [4.69, 9.17) is 4.74 Å². The van der Waals surface area contributed by atoms with Crippen molar-refractivity contribution in [2.45, 2.75) is 55.3 Å². The van der Waals surface area contributed by atoms with Gasteiger partial charge in [0.05, 0.1) is 19.2 Å². The molecule has 0 bridgehead atoms. The molecule has 1 fully saturated rings. The average Bonchev–Trinajstić information content (AvgIpc) is 3.17. The fourth-order valence-corrected chi connectivity index (χ4v) is 7.62. The Labute approximate surface area is 194 Å². The normalized spacial score (nSPS) is 17.0. The molecule has 11 heteroatoms. The zero-order valence-corrected chi connectivity index (χ0v) is 19.7. The largest absolute Gasteiger partial charge is 0.465 e. The summed E-state index contributed by atoms with van der Waals surface area (Å²) in [6.45, 7) is 0.195. The average molecular weight is 499 g/mol. The van der Waals surface area contributed by atoms with Crippen molar-refractivity contribution in [2.24, 2.45) is 0 Å². The van der Waals surface area contributed by atoms with E-state index < -0.39 is 33.5 Å². The van der Waals surface area contributed by atoms with E-state index in [2.05, 4.69) is 4.72 Å². The molecule has 1 saturated carbocycles. The van der Waals surface area contributed by atoms with E-state index in [0.29, 0.717) is 16.5 Å². The van der Waals surface area contributed by atoms with Crippen LogP contribution in [0.1, 0.15) is 63.3 Å². The van der Waals surface area contributed by atoms with Crippen molar-refractivity contribution in [1.82, 2.24) is 9.62 Å². The van der Waals surface area contributed by atoms with Crippen LogP contribution in [0.25, 0.3) is 0 Å². The van der Waals surface area contributed by atoms with Gasteiger partial charge >= 0.3 is 5.97 Å². The molecule has 7 nitrogen and oxygen atoms in total. The van der Waals surface area contributed by atoms with Crippen LogP contribution in [0, 0.1) is 11.6 Å². The summed E-state index contributed by atoms with van der Waals surface area (Å²) >= 11 is 0.930. The molecule has 0 spiro atoms. The Kier molecular flexibility index (Phi) is 6.83. The summed E-state index contributed by atoms with van der Waals surface area (Å²) < 4.78 is 61.0. The first-order chi connectivity index (χ1) is 15.7. The number of nitrogens with one attached hydrogen (secondary N) is 1. The van der Waals surface area contributed by atoms with Crippen molar-refractivity contribution in [2.75, 3.05) is 13.7 Å². The SMILES string of the molecule is COC(=O)c1c(S(=O)(=O)NC2CCCCC2)sc2c1CCN(C(=O)c1cc(F)cc(F)c1)C2. The first-order valence-electron chi connectivity index (χ1n) is 10.7. The number of rotatable bonds is 5. The number of benzene rings is 1. The Morgan fingerprint density at radius 3 is 2.42 bits per heavy atom. The lowest BCUT2D eigenvalue weighted by atomic mass is 9.96. The molecule has 4 rings (SSSR count). The number of fused-ring (bicyclic) bond motifs is 1. The lowest BCUT2D eigenvalue weighted by Gasteiger charge is -2.27. The molecule has 2 heterocycles. The second-order valence-corrected chi connectivity index (χ2v) is 11.3. The van der Waals surface area contributed by atoms with Crippen molar-refractivity contribution < 1.29 is 31.5 Å². The predicted molar refractivity (Wildman–Crippen MR) is 118 cm³/mol. The topological polar surface area (TPSA) is 92.8 Å². The van der Waals surface area contributed by atoms with Crippen LogP contribution >= 0.6 is 11.3 Å². The van der Waals surface area contributed by atoms with E-state index in [1.807, 2.05) is 0 Å². The molecular weight excluding hydrogens is 474 g/mol. The zero-order valence-electron chi connectivity index (χ0n) is 18.0. The third kappa shape index (κ3) is 4.95. The first-order valence-corrected chi connectivity index (χ1v) is 13.0. The van der Waals surface area contributed by atoms with E-state index in [9.17, 15) is 26.8 Å². The lowest BCUT2D eigenvalue weighted by Crippen LogP contribution is -2.36. The van der Waals surface area contributed by atoms with Gasteiger partial charge in [0.1, 0.15) is 15.8 Å². The number of thiophene rings is 1. The predicted octanol–water partition coefficient (Wildman–Crippen LogP) is 3.62. The van der Waals surface area contributed by atoms with Gasteiger partial charge in [-0.2, -0.15) is 0 Å². The van der Waals surface area contributed by atoms with Gasteiger partial charge in [0.15, 0.2) is 0 Å². The molecule has 1 aromatic heterocycles. The van der Waals surface area contributed by atoms with Gasteiger partial charge in [-0.3, -0.25) is 4.79 Å². The van der Waals surface area contributed by atoms with Crippen LogP contribution in [0.4, 0.5) is 8.78 Å². The molecule has 0 radical (unpaired) electrons. The molecule has 1 N–H and O–H groups in total. The summed E-state index contributed by atoms with van der Waals surface area (Å²) in [6, 6.07) is 2.41. The molecule has 0 atom stereocenters. The zero-order chi connectivity index (χ0) is 23.8. The molecule has 2 aliphatic rings. The van der Waals surface area contributed by atoms with Crippen LogP contribution in [-0.2, 0) is 27.7 Å². The van der Waals surface area contributed by atoms with Gasteiger partial charge in [-0.05, 0) is 37.0 Å². The Morgan fingerprint density at radius 1 is 1.12 bits per heavy atom. The maximum Gasteiger partial charge on any atom is 0.340 e. The summed E-state index contributed by atoms with van der Waals surface area (Å²) in [6.07, 6.45) is 4.65. The van der Waals surface area contributed by atoms with Crippen molar-refractivity contribution >= 4 is 33.2 Å². The monoisotopic (exact) mass is 498 g/mol. The number of halogens is 2. The van der Waals surface area contributed by atoms with E-state index >= 15 is 0 Å². The number of hydrogen-bond donors (Lipinski definition) is 1. The fraction of sp³-hybridized carbons (Fsp3) is 0.455. The summed E-state index contributed by atoms with van der Waals surface area (Å²) in [5.41, 5.74) is 0.405. The van der Waals surface area contributed by atoms with Gasteiger partial charge in [-0.25, -0.2) is 26.7 Å². The van der Waals surface area contributed by atoms with Crippen molar-refractivity contribution in [3.8, 4) is 0 Å². The van der Waals surface area contributed by atoms with Gasteiger partial charge in [-0.15, -0.1) is 11.3 Å². The number of nitrogens with zero attached hydrogens (tertiary/aromatic N) is 1. The Balaban J connectivity index is 1.65. The molecule has 2 aromatic rings. The second-order valence-electron chi connectivity index (χ2n) is 8.25. The highest BCUT2D eigenvalue weighted by molar-refractivity contribution is 7.91. The van der Waals surface area contributed by atoms with Crippen LogP contribution in [-0.4, -0.2) is 44.9 Å². The van der Waals surface area contributed by atoms with Crippen LogP contribution in [0.2, 0.25) is 0 Å². The summed E-state index contributed by atoms with van der Waals surface area (Å²) in [5, 5.41) is 0. The quantitative estimate of drug-likeness (QED) is 0.636. The van der Waals surface area contributed by atoms with Crippen LogP contribution in [0.15, 0.2) is 22.4 Å². The van der Waals surface area contributed by atoms with Crippen molar-refractivity contribution in [1.29, 1.82) is 0 Å². The maximum atomic E-state index is 13.6. The molecule has 0 unspecified atom stereocenters. The van der Waals surface area contributed by atoms with Crippen molar-refractivity contribution in [3.63, 3.8) is 0 Å². The van der Waals surface area contributed by atoms with Crippen LogP contribution in [0.5, 0.6) is 0 Å². The van der Waals surface area contributed by atoms with Gasteiger partial charge in [0.25, 0.3) is 15.9 Å². The summed E-state index contributed by atoms with van der Waals surface area (Å²) in [7, 11) is -2.79. The Bertz CT molecular complexity index is 1170. The van der Waals surface area contributed by atoms with E-state index in [1.54, 1.807) is 0 Å². The van der Waals surface area contributed by atoms with Gasteiger partial charge in [0, 0.05) is 29.1 Å². The van der Waals surface area contributed by atoms with Crippen molar-refractivity contribution in [3.05, 3.63) is 51.4 Å². The molecule has 1 aromatic carbocycles. The minimum atomic E-state index is -3.98. The fourth-order valence-electron chi connectivity index (χ4n) is 4.40. The third-order valence-corrected chi connectivity index (χ3v) is 9.24. The second kappa shape index (κ2) is 9.47. The standard InChI is InChI=1S/C22H24F2N2O5S2/c1-31-21(28)19-17-7-8-26(20(27)13-9-14(23)11-15(24)10-13)12-18(17)32-22(19)33(29,30)25-16-5-3-2-4-6-16/h9-11,16,25H,2-8,12H2,1H3. The molecule has 1 aliphatic carbocycles. The lowest BCUT2D eigenvalue weighted by molar-refractivity contribution is 0.0595. The summed E-state index contributed by atoms with van der Waals surface area (Å²) in [4.78, 5) is 27.3. The van der Waals surface area contributed by atoms with E-state index in [-0.39, 0.29) is 40.9 Å². The highest BCUT2D eigenvalue weighted by Gasteiger charge is 2.36. The first kappa shape index (κ1) is 23.8. The number of methoxy groups -OCH3 is 1. The highest BCUT2D eigenvalue weighted by atomic mass is 32.2. The van der Waals surface area contributed by atoms with Crippen LogP contribution in [0.3, 0.4) is 0 Å². The minimum Gasteiger partial charge on any atom is -0.465 e. The smallest absolute Gasteiger partial charge is 0.340 e. The molecule has 1 amide bonds. The van der Waals surface area contributed by atoms with Crippen LogP contribution < -0.4 is 4.72 Å². The number of ether oxygens (including phenoxy) is 1. The maximum absolute atomic E-state index is 13.6. The third-order valence-electron chi connectivity index (χ3n) is 5.98. The number of hydrogen-bond acceptors (Lipinski definition) is 6. The molecule has 33 heavy (non-hydrogen) atoms. The Hall–Kier alpha value is -2.37. The molecular formula is C22H24F2N2O5S2. The number of amides is 1. The molecule has 178 valence electrons. The van der Waals surface area contributed by atoms with Gasteiger partial charge in [-0.1, -0.05) is 19.3 Å². The van der Waals surface area contributed by atoms with E-state index in [1.165, 1.54) is 12.0 Å². The number of carbonyl (C=O) groups is 2. The summed E-state index contributed by atoms with van der Waals surface area (Å²) in [5.74, 6) is -3.04. The number of sulfonamides is 1. The number of esters is 1. The van der Waals surface area contributed by atoms with E-state index in [0.717, 1.165) is 55.6 Å². The minimum absolute atomic E-state index is 0.00436. The molecule has 1 aliphatic heterocycles. The molecule has 0 saturated heterocycles. The highest BCUT2D eigenvalue weighted by Crippen LogP contribution is 2.37. The number of carbonyl (C=O) groups excluding carboxylic acids is 2. The van der Waals surface area contributed by atoms with Gasteiger partial charge in [0.2, 0.25) is 0 Å². The van der Waals surface area contributed by atoms with Gasteiger partial charge < -0.3 is 9.64 Å².